The lowest BCUT2D eigenvalue weighted by Crippen LogP contribution is -2.08. The van der Waals surface area contributed by atoms with Crippen molar-refractivity contribution in [1.29, 1.82) is 0 Å². The molecule has 0 amide bonds. The minimum atomic E-state index is -4.58. The highest BCUT2D eigenvalue weighted by atomic mass is 32.2. The van der Waals surface area contributed by atoms with Gasteiger partial charge in [0, 0.05) is 22.9 Å². The smallest absolute Gasteiger partial charge is 0.279 e. The topological polar surface area (TPSA) is 106 Å². The van der Waals surface area contributed by atoms with Crippen molar-refractivity contribution >= 4 is 10.1 Å². The Morgan fingerprint density at radius 2 is 1.43 bits per heavy atom. The molecule has 0 aliphatic heterocycles. The van der Waals surface area contributed by atoms with E-state index in [-0.39, 0.29) is 0 Å². The van der Waals surface area contributed by atoms with Gasteiger partial charge in [-0.3, -0.25) is 9.54 Å². The first kappa shape index (κ1) is 17.9. The van der Waals surface area contributed by atoms with Crippen molar-refractivity contribution < 1.29 is 13.0 Å². The Kier molecular flexibility index (Phi) is 4.64. The average molecular weight is 390 g/mol. The maximum absolute atomic E-state index is 11.5. The summed E-state index contributed by atoms with van der Waals surface area (Å²) in [6.45, 7) is 0. The highest BCUT2D eigenvalue weighted by Gasteiger charge is 2.20. The van der Waals surface area contributed by atoms with Crippen molar-refractivity contribution in [2.45, 2.75) is 5.16 Å². The quantitative estimate of drug-likeness (QED) is 0.531. The number of pyridine rings is 1. The molecule has 0 aliphatic rings. The van der Waals surface area contributed by atoms with Crippen LogP contribution in [0.1, 0.15) is 0 Å². The lowest BCUT2D eigenvalue weighted by molar-refractivity contribution is 0.472. The van der Waals surface area contributed by atoms with Gasteiger partial charge >= 0.3 is 10.1 Å². The zero-order valence-corrected chi connectivity index (χ0v) is 15.3. The van der Waals surface area contributed by atoms with Crippen molar-refractivity contribution in [2.24, 2.45) is 0 Å². The van der Waals surface area contributed by atoms with Gasteiger partial charge in [0.1, 0.15) is 11.4 Å². The Bertz CT molecular complexity index is 1230. The molecule has 0 spiro atoms. The normalized spacial score (nSPS) is 11.3. The molecule has 0 bridgehead atoms. The molecule has 8 heteroatoms. The Balaban J connectivity index is 1.91. The summed E-state index contributed by atoms with van der Waals surface area (Å²) in [6, 6.07) is 22.1. The van der Waals surface area contributed by atoms with E-state index >= 15 is 0 Å². The average Bonchev–Trinajstić information content (AvgIpc) is 2.74. The number of rotatable bonds is 4. The van der Waals surface area contributed by atoms with Gasteiger partial charge in [-0.25, -0.2) is 4.98 Å². The molecule has 2 aromatic heterocycles. The molecule has 7 nitrogen and oxygen atoms in total. The summed E-state index contributed by atoms with van der Waals surface area (Å²) in [6.07, 6.45) is 1.71. The minimum absolute atomic E-state index is 0.307. The molecule has 2 aromatic carbocycles. The minimum Gasteiger partial charge on any atom is -0.279 e. The van der Waals surface area contributed by atoms with E-state index in [4.69, 9.17) is 0 Å². The molecule has 0 fully saturated rings. The van der Waals surface area contributed by atoms with Crippen molar-refractivity contribution in [3.63, 3.8) is 0 Å². The molecule has 4 rings (SSSR count). The lowest BCUT2D eigenvalue weighted by atomic mass is 10.0. The summed E-state index contributed by atoms with van der Waals surface area (Å²) in [5.74, 6) is 0. The van der Waals surface area contributed by atoms with Crippen molar-refractivity contribution in [3.8, 4) is 33.8 Å². The number of hydrogen-bond acceptors (Lipinski definition) is 6. The van der Waals surface area contributed by atoms with Crippen LogP contribution in [0.25, 0.3) is 33.8 Å². The highest BCUT2D eigenvalue weighted by molar-refractivity contribution is 7.85. The molecule has 0 unspecified atom stereocenters. The molecule has 1 N–H and O–H groups in total. The summed E-state index contributed by atoms with van der Waals surface area (Å²) >= 11 is 0. The molecule has 0 atom stereocenters. The van der Waals surface area contributed by atoms with Gasteiger partial charge in [0.25, 0.3) is 5.16 Å². The summed E-state index contributed by atoms with van der Waals surface area (Å²) in [7, 11) is -4.58. The number of hydrogen-bond donors (Lipinski definition) is 1. The van der Waals surface area contributed by atoms with Gasteiger partial charge in [0.15, 0.2) is 0 Å². The molecule has 0 radical (unpaired) electrons. The van der Waals surface area contributed by atoms with E-state index in [1.807, 2.05) is 48.5 Å². The largest absolute Gasteiger partial charge is 0.332 e. The zero-order chi connectivity index (χ0) is 19.6. The number of benzene rings is 2. The van der Waals surface area contributed by atoms with Crippen LogP contribution in [0.4, 0.5) is 0 Å². The van der Waals surface area contributed by atoms with Crippen LogP contribution in [-0.4, -0.2) is 33.1 Å². The van der Waals surface area contributed by atoms with E-state index in [1.165, 1.54) is 0 Å². The van der Waals surface area contributed by atoms with E-state index in [0.717, 1.165) is 11.3 Å². The van der Waals surface area contributed by atoms with E-state index < -0.39 is 15.3 Å². The van der Waals surface area contributed by atoms with E-state index in [1.54, 1.807) is 30.5 Å². The highest BCUT2D eigenvalue weighted by Crippen LogP contribution is 2.31. The maximum Gasteiger partial charge on any atom is 0.332 e. The van der Waals surface area contributed by atoms with Crippen LogP contribution >= 0.6 is 0 Å². The molecular formula is C20H14N4O3S. The fraction of sp³-hybridized carbons (Fsp3) is 0. The zero-order valence-electron chi connectivity index (χ0n) is 14.5. The van der Waals surface area contributed by atoms with Crippen LogP contribution < -0.4 is 0 Å². The first-order valence-corrected chi connectivity index (χ1v) is 9.76. The predicted molar refractivity (Wildman–Crippen MR) is 104 cm³/mol. The van der Waals surface area contributed by atoms with Gasteiger partial charge < -0.3 is 0 Å². The third kappa shape index (κ3) is 3.64. The standard InChI is InChI=1S/C20H14N4O3S/c25-28(26,27)20-22-18(14-7-2-1-3-8-14)19(23-24-20)16-10-6-9-15(13-16)17-11-4-5-12-21-17/h1-13H,(H,25,26,27). The fourth-order valence-electron chi connectivity index (χ4n) is 2.77. The van der Waals surface area contributed by atoms with E-state index in [2.05, 4.69) is 20.2 Å². The molecule has 28 heavy (non-hydrogen) atoms. The predicted octanol–water partition coefficient (Wildman–Crippen LogP) is 3.51. The molecule has 0 saturated heterocycles. The Morgan fingerprint density at radius 1 is 0.714 bits per heavy atom. The second-order valence-corrected chi connectivity index (χ2v) is 7.24. The van der Waals surface area contributed by atoms with Crippen LogP contribution in [0.5, 0.6) is 0 Å². The molecule has 4 aromatic rings. The maximum atomic E-state index is 11.5. The van der Waals surface area contributed by atoms with Crippen LogP contribution in [0.3, 0.4) is 0 Å². The summed E-state index contributed by atoms with van der Waals surface area (Å²) in [4.78, 5) is 8.41. The lowest BCUT2D eigenvalue weighted by Gasteiger charge is -2.10. The van der Waals surface area contributed by atoms with Gasteiger partial charge in [0.05, 0.1) is 5.69 Å². The van der Waals surface area contributed by atoms with Crippen LogP contribution in [0, 0.1) is 0 Å². The third-order valence-electron chi connectivity index (χ3n) is 4.04. The SMILES string of the molecule is O=S(=O)(O)c1nnc(-c2cccc(-c3ccccn3)c2)c(-c2ccccc2)n1. The van der Waals surface area contributed by atoms with Gasteiger partial charge in [0.2, 0.25) is 0 Å². The van der Waals surface area contributed by atoms with Crippen molar-refractivity contribution in [2.75, 3.05) is 0 Å². The fourth-order valence-corrected chi connectivity index (χ4v) is 3.12. The molecule has 0 saturated carbocycles. The van der Waals surface area contributed by atoms with E-state index in [9.17, 15) is 13.0 Å². The van der Waals surface area contributed by atoms with Crippen molar-refractivity contribution in [3.05, 3.63) is 79.0 Å². The summed E-state index contributed by atoms with van der Waals surface area (Å²) < 4.78 is 32.3. The second kappa shape index (κ2) is 7.26. The summed E-state index contributed by atoms with van der Waals surface area (Å²) in [5, 5.41) is 6.91. The molecule has 0 aliphatic carbocycles. The summed E-state index contributed by atoms with van der Waals surface area (Å²) in [5.41, 5.74) is 3.72. The van der Waals surface area contributed by atoms with Gasteiger partial charge in [-0.15, -0.1) is 10.2 Å². The van der Waals surface area contributed by atoms with Crippen LogP contribution in [0.2, 0.25) is 0 Å². The first-order valence-electron chi connectivity index (χ1n) is 8.32. The van der Waals surface area contributed by atoms with E-state index in [0.29, 0.717) is 22.5 Å². The van der Waals surface area contributed by atoms with Crippen molar-refractivity contribution in [1.82, 2.24) is 20.2 Å². The Labute approximate surface area is 161 Å². The van der Waals surface area contributed by atoms with Gasteiger partial charge in [-0.05, 0) is 18.2 Å². The Hall–Kier alpha value is -3.49. The molecule has 138 valence electrons. The van der Waals surface area contributed by atoms with Crippen LogP contribution in [0.15, 0.2) is 84.1 Å². The number of aromatic nitrogens is 4. The monoisotopic (exact) mass is 390 g/mol. The van der Waals surface area contributed by atoms with Crippen LogP contribution in [-0.2, 0) is 10.1 Å². The second-order valence-electron chi connectivity index (χ2n) is 5.93. The first-order chi connectivity index (χ1) is 13.5. The third-order valence-corrected chi connectivity index (χ3v) is 4.68. The van der Waals surface area contributed by atoms with Gasteiger partial charge in [-0.2, -0.15) is 8.42 Å². The van der Waals surface area contributed by atoms with Gasteiger partial charge in [-0.1, -0.05) is 54.6 Å². The molecular weight excluding hydrogens is 376 g/mol. The Morgan fingerprint density at radius 3 is 2.14 bits per heavy atom. The molecule has 2 heterocycles. The number of nitrogens with zero attached hydrogens (tertiary/aromatic N) is 4.